The highest BCUT2D eigenvalue weighted by Crippen LogP contribution is 2.35. The molecule has 1 aliphatic heterocycles. The van der Waals surface area contributed by atoms with Crippen LogP contribution in [0.3, 0.4) is 0 Å². The molecule has 1 N–H and O–H groups in total. The molecule has 1 atom stereocenters. The van der Waals surface area contributed by atoms with Crippen LogP contribution in [0.1, 0.15) is 11.7 Å². The molecular formula is C15H12F3NO2. The first kappa shape index (κ1) is 13.6. The van der Waals surface area contributed by atoms with E-state index in [-0.39, 0.29) is 17.7 Å². The molecule has 0 spiro atoms. The van der Waals surface area contributed by atoms with E-state index in [0.29, 0.717) is 23.5 Å². The monoisotopic (exact) mass is 295 g/mol. The number of fused-ring (bicyclic) bond motifs is 1. The van der Waals surface area contributed by atoms with Crippen molar-refractivity contribution in [3.8, 4) is 11.5 Å². The van der Waals surface area contributed by atoms with E-state index in [1.165, 1.54) is 30.3 Å². The average Bonchev–Trinajstić information content (AvgIpc) is 2.46. The van der Waals surface area contributed by atoms with Crippen LogP contribution in [0.25, 0.3) is 0 Å². The molecule has 0 bridgehead atoms. The lowest BCUT2D eigenvalue weighted by Crippen LogP contribution is -2.23. The molecule has 110 valence electrons. The predicted octanol–water partition coefficient (Wildman–Crippen LogP) is 3.97. The lowest BCUT2D eigenvalue weighted by atomic mass is 10.1. The molecule has 0 radical (unpaired) electrons. The maximum Gasteiger partial charge on any atom is 0.387 e. The van der Waals surface area contributed by atoms with Crippen LogP contribution in [0, 0.1) is 5.82 Å². The van der Waals surface area contributed by atoms with Gasteiger partial charge in [-0.05, 0) is 29.8 Å². The first-order valence-electron chi connectivity index (χ1n) is 6.36. The molecule has 2 aromatic rings. The van der Waals surface area contributed by atoms with Crippen LogP contribution in [0.5, 0.6) is 11.5 Å². The van der Waals surface area contributed by atoms with Gasteiger partial charge in [-0.2, -0.15) is 8.78 Å². The molecule has 1 heterocycles. The summed E-state index contributed by atoms with van der Waals surface area (Å²) in [6.45, 7) is -2.46. The van der Waals surface area contributed by atoms with Gasteiger partial charge >= 0.3 is 6.61 Å². The van der Waals surface area contributed by atoms with Gasteiger partial charge in [-0.25, -0.2) is 4.39 Å². The predicted molar refractivity (Wildman–Crippen MR) is 71.3 cm³/mol. The fraction of sp³-hybridized carbons (Fsp3) is 0.200. The number of benzene rings is 2. The zero-order valence-electron chi connectivity index (χ0n) is 10.9. The highest BCUT2D eigenvalue weighted by molar-refractivity contribution is 5.58. The van der Waals surface area contributed by atoms with Crippen molar-refractivity contribution in [2.45, 2.75) is 12.7 Å². The minimum Gasteiger partial charge on any atom is -0.482 e. The largest absolute Gasteiger partial charge is 0.482 e. The maximum atomic E-state index is 13.1. The number of rotatable bonds is 3. The summed E-state index contributed by atoms with van der Waals surface area (Å²) < 4.78 is 47.7. The summed E-state index contributed by atoms with van der Waals surface area (Å²) in [6.07, 6.45) is -0.357. The molecule has 3 nitrogen and oxygen atoms in total. The van der Waals surface area contributed by atoms with E-state index in [9.17, 15) is 13.2 Å². The van der Waals surface area contributed by atoms with E-state index in [2.05, 4.69) is 10.1 Å². The summed E-state index contributed by atoms with van der Waals surface area (Å²) in [6, 6.07) is 10.5. The third-order valence-corrected chi connectivity index (χ3v) is 3.14. The fourth-order valence-corrected chi connectivity index (χ4v) is 2.22. The molecule has 0 aromatic heterocycles. The van der Waals surface area contributed by atoms with Crippen LogP contribution in [-0.4, -0.2) is 13.2 Å². The summed E-state index contributed by atoms with van der Waals surface area (Å²) in [7, 11) is 0. The van der Waals surface area contributed by atoms with E-state index in [4.69, 9.17) is 4.74 Å². The number of halogens is 3. The summed E-state index contributed by atoms with van der Waals surface area (Å²) in [5.74, 6) is 0.250. The molecule has 0 saturated carbocycles. The van der Waals surface area contributed by atoms with Gasteiger partial charge in [0.05, 0.1) is 12.2 Å². The van der Waals surface area contributed by atoms with Gasteiger partial charge in [-0.1, -0.05) is 12.1 Å². The van der Waals surface area contributed by atoms with Crippen molar-refractivity contribution in [1.82, 2.24) is 0 Å². The molecule has 0 aliphatic carbocycles. The zero-order chi connectivity index (χ0) is 14.8. The van der Waals surface area contributed by atoms with E-state index in [1.54, 1.807) is 12.1 Å². The van der Waals surface area contributed by atoms with Crippen LogP contribution < -0.4 is 14.8 Å². The van der Waals surface area contributed by atoms with Gasteiger partial charge < -0.3 is 14.8 Å². The minimum absolute atomic E-state index is 0.0796. The van der Waals surface area contributed by atoms with Gasteiger partial charge in [0.15, 0.2) is 0 Å². The summed E-state index contributed by atoms with van der Waals surface area (Å²) in [5.41, 5.74) is 1.28. The normalized spacial score (nSPS) is 16.9. The zero-order valence-corrected chi connectivity index (χ0v) is 10.9. The Morgan fingerprint density at radius 2 is 2.05 bits per heavy atom. The van der Waals surface area contributed by atoms with Crippen LogP contribution in [0.2, 0.25) is 0 Å². The van der Waals surface area contributed by atoms with Gasteiger partial charge in [-0.15, -0.1) is 0 Å². The number of hydrogen-bond acceptors (Lipinski definition) is 3. The molecule has 0 amide bonds. The number of ether oxygens (including phenoxy) is 2. The van der Waals surface area contributed by atoms with Crippen molar-refractivity contribution < 1.29 is 22.6 Å². The van der Waals surface area contributed by atoms with E-state index in [1.807, 2.05) is 0 Å². The Balaban J connectivity index is 1.81. The smallest absolute Gasteiger partial charge is 0.387 e. The average molecular weight is 295 g/mol. The molecule has 0 saturated heterocycles. The molecular weight excluding hydrogens is 283 g/mol. The van der Waals surface area contributed by atoms with Gasteiger partial charge in [0.1, 0.15) is 23.4 Å². The van der Waals surface area contributed by atoms with Gasteiger partial charge in [-0.3, -0.25) is 0 Å². The van der Waals surface area contributed by atoms with Crippen LogP contribution in [0.15, 0.2) is 42.5 Å². The Morgan fingerprint density at radius 3 is 2.86 bits per heavy atom. The second-order valence-electron chi connectivity index (χ2n) is 4.58. The second-order valence-corrected chi connectivity index (χ2v) is 4.58. The molecule has 1 aliphatic rings. The number of nitrogens with one attached hydrogen (secondary N) is 1. The first-order chi connectivity index (χ1) is 10.1. The first-order valence-corrected chi connectivity index (χ1v) is 6.36. The number of hydrogen-bond donors (Lipinski definition) is 1. The highest BCUT2D eigenvalue weighted by atomic mass is 19.3. The van der Waals surface area contributed by atoms with Crippen molar-refractivity contribution in [2.75, 3.05) is 11.9 Å². The second kappa shape index (κ2) is 5.55. The fourth-order valence-electron chi connectivity index (χ4n) is 2.22. The van der Waals surface area contributed by atoms with Crippen molar-refractivity contribution in [1.29, 1.82) is 0 Å². The Labute approximate surface area is 119 Å². The van der Waals surface area contributed by atoms with Gasteiger partial charge in [0.2, 0.25) is 0 Å². The molecule has 0 fully saturated rings. The molecule has 21 heavy (non-hydrogen) atoms. The standard InChI is InChI=1S/C15H12F3NO2/c16-10-4-5-13-12(7-10)19-8-14(21-13)9-2-1-3-11(6-9)20-15(17)18/h1-7,14-15,19H,8H2. The van der Waals surface area contributed by atoms with Crippen molar-refractivity contribution in [3.63, 3.8) is 0 Å². The van der Waals surface area contributed by atoms with Gasteiger partial charge in [0, 0.05) is 6.07 Å². The van der Waals surface area contributed by atoms with Gasteiger partial charge in [0.25, 0.3) is 0 Å². The third kappa shape index (κ3) is 3.04. The molecule has 1 unspecified atom stereocenters. The summed E-state index contributed by atoms with van der Waals surface area (Å²) >= 11 is 0. The Hall–Kier alpha value is -2.37. The maximum absolute atomic E-state index is 13.1. The SMILES string of the molecule is Fc1ccc2c(c1)NCC(c1cccc(OC(F)F)c1)O2. The van der Waals surface area contributed by atoms with E-state index in [0.717, 1.165) is 0 Å². The van der Waals surface area contributed by atoms with Crippen LogP contribution in [-0.2, 0) is 0 Å². The lowest BCUT2D eigenvalue weighted by Gasteiger charge is -2.27. The summed E-state index contributed by atoms with van der Waals surface area (Å²) in [5, 5.41) is 3.06. The quantitative estimate of drug-likeness (QED) is 0.929. The van der Waals surface area contributed by atoms with Crippen molar-refractivity contribution in [3.05, 3.63) is 53.8 Å². The Bertz CT molecular complexity index is 649. The minimum atomic E-state index is -2.87. The molecule has 2 aromatic carbocycles. The number of anilines is 1. The number of alkyl halides is 2. The van der Waals surface area contributed by atoms with Crippen molar-refractivity contribution >= 4 is 5.69 Å². The Kier molecular flexibility index (Phi) is 3.60. The lowest BCUT2D eigenvalue weighted by molar-refractivity contribution is -0.0499. The third-order valence-electron chi connectivity index (χ3n) is 3.14. The summed E-state index contributed by atoms with van der Waals surface area (Å²) in [4.78, 5) is 0. The molecule has 6 heteroatoms. The van der Waals surface area contributed by atoms with E-state index >= 15 is 0 Å². The van der Waals surface area contributed by atoms with Crippen molar-refractivity contribution in [2.24, 2.45) is 0 Å². The van der Waals surface area contributed by atoms with Crippen LogP contribution >= 0.6 is 0 Å². The van der Waals surface area contributed by atoms with E-state index < -0.39 is 6.61 Å². The van der Waals surface area contributed by atoms with Crippen LogP contribution in [0.4, 0.5) is 18.9 Å². The highest BCUT2D eigenvalue weighted by Gasteiger charge is 2.21. The molecule has 3 rings (SSSR count). The topological polar surface area (TPSA) is 30.5 Å². The Morgan fingerprint density at radius 1 is 1.19 bits per heavy atom.